The minimum atomic E-state index is -0.854. The SMILES string of the molecule is CC/C=C\C/C=C\C[C@@H](O)/C=C/[C@@H]1O[C@H]([C@@H](O)C/C=C\CCC(=O)O)C[C@@H]1O. The van der Waals surface area contributed by atoms with E-state index in [9.17, 15) is 20.1 Å². The highest BCUT2D eigenvalue weighted by molar-refractivity contribution is 5.66. The topological polar surface area (TPSA) is 107 Å². The molecular weight excluding hydrogens is 360 g/mol. The number of aliphatic hydroxyl groups excluding tert-OH is 3. The van der Waals surface area contributed by atoms with E-state index in [1.54, 1.807) is 24.3 Å². The molecule has 1 saturated heterocycles. The zero-order chi connectivity index (χ0) is 20.8. The Morgan fingerprint density at radius 1 is 1.11 bits per heavy atom. The van der Waals surface area contributed by atoms with E-state index in [2.05, 4.69) is 19.1 Å². The van der Waals surface area contributed by atoms with Crippen molar-refractivity contribution in [3.8, 4) is 0 Å². The van der Waals surface area contributed by atoms with Gasteiger partial charge in [-0.1, -0.05) is 55.5 Å². The monoisotopic (exact) mass is 394 g/mol. The predicted molar refractivity (Wildman–Crippen MR) is 109 cm³/mol. The Morgan fingerprint density at radius 3 is 2.54 bits per heavy atom. The lowest BCUT2D eigenvalue weighted by molar-refractivity contribution is -0.136. The van der Waals surface area contributed by atoms with Gasteiger partial charge in [0.1, 0.15) is 6.10 Å². The Balaban J connectivity index is 2.34. The predicted octanol–water partition coefficient (Wildman–Crippen LogP) is 2.90. The minimum absolute atomic E-state index is 0.0606. The molecule has 0 aromatic carbocycles. The van der Waals surface area contributed by atoms with E-state index in [0.717, 1.165) is 12.8 Å². The van der Waals surface area contributed by atoms with Crippen LogP contribution in [0, 0.1) is 0 Å². The van der Waals surface area contributed by atoms with E-state index in [-0.39, 0.29) is 6.42 Å². The second-order valence-corrected chi connectivity index (χ2v) is 6.92. The first-order valence-electron chi connectivity index (χ1n) is 9.98. The van der Waals surface area contributed by atoms with Crippen LogP contribution in [0.3, 0.4) is 0 Å². The Hall–Kier alpha value is -1.73. The number of aliphatic carboxylic acids is 1. The molecule has 1 rings (SSSR count). The molecule has 0 bridgehead atoms. The van der Waals surface area contributed by atoms with Gasteiger partial charge < -0.3 is 25.2 Å². The quantitative estimate of drug-likeness (QED) is 0.358. The summed E-state index contributed by atoms with van der Waals surface area (Å²) in [6.45, 7) is 2.08. The van der Waals surface area contributed by atoms with Crippen LogP contribution in [0.25, 0.3) is 0 Å². The molecule has 0 spiro atoms. The third-order valence-corrected chi connectivity index (χ3v) is 4.42. The first-order valence-corrected chi connectivity index (χ1v) is 9.98. The lowest BCUT2D eigenvalue weighted by Crippen LogP contribution is -2.25. The summed E-state index contributed by atoms with van der Waals surface area (Å²) in [6, 6.07) is 0. The molecule has 1 aliphatic heterocycles. The molecule has 0 unspecified atom stereocenters. The molecular formula is C22H34O6. The fraction of sp³-hybridized carbons (Fsp3) is 0.591. The molecule has 4 N–H and O–H groups in total. The fourth-order valence-electron chi connectivity index (χ4n) is 2.84. The van der Waals surface area contributed by atoms with Gasteiger partial charge in [-0.05, 0) is 32.1 Å². The van der Waals surface area contributed by atoms with Crippen LogP contribution in [0.4, 0.5) is 0 Å². The average Bonchev–Trinajstić information content (AvgIpc) is 3.03. The number of carbonyl (C=O) groups is 1. The number of carboxylic acid groups (broad SMARTS) is 1. The van der Waals surface area contributed by atoms with Crippen molar-refractivity contribution in [1.29, 1.82) is 0 Å². The highest BCUT2D eigenvalue weighted by atomic mass is 16.5. The maximum Gasteiger partial charge on any atom is 0.303 e. The molecule has 0 aromatic rings. The van der Waals surface area contributed by atoms with Crippen molar-refractivity contribution < 1.29 is 30.0 Å². The molecule has 0 radical (unpaired) electrons. The fourth-order valence-corrected chi connectivity index (χ4v) is 2.84. The van der Waals surface area contributed by atoms with Crippen LogP contribution in [0.5, 0.6) is 0 Å². The summed E-state index contributed by atoms with van der Waals surface area (Å²) in [7, 11) is 0. The van der Waals surface area contributed by atoms with Gasteiger partial charge in [0.2, 0.25) is 0 Å². The summed E-state index contributed by atoms with van der Waals surface area (Å²) in [5, 5.41) is 38.9. The van der Waals surface area contributed by atoms with Crippen molar-refractivity contribution in [1.82, 2.24) is 0 Å². The second kappa shape index (κ2) is 14.3. The summed E-state index contributed by atoms with van der Waals surface area (Å²) in [4.78, 5) is 10.4. The van der Waals surface area contributed by atoms with Crippen molar-refractivity contribution in [3.63, 3.8) is 0 Å². The van der Waals surface area contributed by atoms with E-state index in [1.807, 2.05) is 12.2 Å². The normalized spacial score (nSPS) is 25.5. The summed E-state index contributed by atoms with van der Waals surface area (Å²) < 4.78 is 5.70. The first kappa shape index (κ1) is 24.3. The molecule has 1 fully saturated rings. The van der Waals surface area contributed by atoms with E-state index < -0.39 is 36.5 Å². The van der Waals surface area contributed by atoms with Crippen LogP contribution >= 0.6 is 0 Å². The molecule has 0 aliphatic carbocycles. The van der Waals surface area contributed by atoms with Crippen LogP contribution in [0.2, 0.25) is 0 Å². The number of hydrogen-bond acceptors (Lipinski definition) is 5. The van der Waals surface area contributed by atoms with Gasteiger partial charge in [-0.2, -0.15) is 0 Å². The van der Waals surface area contributed by atoms with E-state index >= 15 is 0 Å². The van der Waals surface area contributed by atoms with Crippen LogP contribution in [0.1, 0.15) is 51.9 Å². The summed E-state index contributed by atoms with van der Waals surface area (Å²) in [5.74, 6) is -0.854. The number of allylic oxidation sites excluding steroid dienone is 4. The average molecular weight is 395 g/mol. The van der Waals surface area contributed by atoms with Crippen LogP contribution in [0.15, 0.2) is 48.6 Å². The maximum atomic E-state index is 10.4. The second-order valence-electron chi connectivity index (χ2n) is 6.92. The Bertz CT molecular complexity index is 551. The summed E-state index contributed by atoms with van der Waals surface area (Å²) in [6.07, 6.45) is 15.1. The van der Waals surface area contributed by atoms with Gasteiger partial charge in [0.15, 0.2) is 0 Å². The lowest BCUT2D eigenvalue weighted by Gasteiger charge is -2.16. The number of carboxylic acids is 1. The first-order chi connectivity index (χ1) is 13.4. The van der Waals surface area contributed by atoms with E-state index in [0.29, 0.717) is 25.7 Å². The Labute approximate surface area is 167 Å². The molecule has 6 nitrogen and oxygen atoms in total. The van der Waals surface area contributed by atoms with Crippen molar-refractivity contribution in [2.75, 3.05) is 0 Å². The highest BCUT2D eigenvalue weighted by Gasteiger charge is 2.35. The molecule has 1 aliphatic rings. The molecule has 0 aromatic heterocycles. The van der Waals surface area contributed by atoms with Crippen molar-refractivity contribution >= 4 is 5.97 Å². The lowest BCUT2D eigenvalue weighted by atomic mass is 10.0. The molecule has 0 amide bonds. The zero-order valence-electron chi connectivity index (χ0n) is 16.6. The molecule has 158 valence electrons. The number of rotatable bonds is 13. The highest BCUT2D eigenvalue weighted by Crippen LogP contribution is 2.25. The molecule has 28 heavy (non-hydrogen) atoms. The van der Waals surface area contributed by atoms with Crippen molar-refractivity contribution in [3.05, 3.63) is 48.6 Å². The zero-order valence-corrected chi connectivity index (χ0v) is 16.6. The molecule has 6 heteroatoms. The van der Waals surface area contributed by atoms with Crippen LogP contribution in [-0.2, 0) is 9.53 Å². The Morgan fingerprint density at radius 2 is 1.82 bits per heavy atom. The van der Waals surface area contributed by atoms with Gasteiger partial charge in [0, 0.05) is 12.8 Å². The summed E-state index contributed by atoms with van der Waals surface area (Å²) in [5.41, 5.74) is 0. The van der Waals surface area contributed by atoms with Crippen LogP contribution < -0.4 is 0 Å². The van der Waals surface area contributed by atoms with Gasteiger partial charge >= 0.3 is 5.97 Å². The van der Waals surface area contributed by atoms with Gasteiger partial charge in [0.25, 0.3) is 0 Å². The molecule has 5 atom stereocenters. The maximum absolute atomic E-state index is 10.4. The van der Waals surface area contributed by atoms with Crippen LogP contribution in [-0.4, -0.2) is 56.9 Å². The van der Waals surface area contributed by atoms with Crippen molar-refractivity contribution in [2.24, 2.45) is 0 Å². The molecule has 0 saturated carbocycles. The molecule has 1 heterocycles. The van der Waals surface area contributed by atoms with Gasteiger partial charge in [-0.25, -0.2) is 0 Å². The number of aliphatic hydroxyl groups is 3. The standard InChI is InChI=1S/C22H34O6/c1-2-3-4-5-6-8-11-17(23)14-15-20-19(25)16-21(28-20)18(24)12-9-7-10-13-22(26)27/h3-4,6-9,14-15,17-21,23-25H,2,5,10-13,16H2,1H3,(H,26,27)/b4-3-,8-6-,9-7-,15-14+/t17-,18+,19+,20+,21+/m1/s1. The largest absolute Gasteiger partial charge is 0.481 e. The van der Waals surface area contributed by atoms with Gasteiger partial charge in [0.05, 0.1) is 24.4 Å². The third-order valence-electron chi connectivity index (χ3n) is 4.42. The van der Waals surface area contributed by atoms with E-state index in [4.69, 9.17) is 9.84 Å². The minimum Gasteiger partial charge on any atom is -0.481 e. The van der Waals surface area contributed by atoms with Gasteiger partial charge in [-0.15, -0.1) is 0 Å². The number of ether oxygens (including phenoxy) is 1. The van der Waals surface area contributed by atoms with Crippen molar-refractivity contribution in [2.45, 2.75) is 82.4 Å². The smallest absolute Gasteiger partial charge is 0.303 e. The number of hydrogen-bond donors (Lipinski definition) is 4. The Kier molecular flexibility index (Phi) is 12.4. The van der Waals surface area contributed by atoms with Gasteiger partial charge in [-0.3, -0.25) is 4.79 Å². The summed E-state index contributed by atoms with van der Waals surface area (Å²) >= 11 is 0. The third kappa shape index (κ3) is 10.6. The van der Waals surface area contributed by atoms with E-state index in [1.165, 1.54) is 0 Å².